The van der Waals surface area contributed by atoms with Gasteiger partial charge in [-0.1, -0.05) is 18.9 Å². The van der Waals surface area contributed by atoms with E-state index in [4.69, 9.17) is 5.73 Å². The van der Waals surface area contributed by atoms with Gasteiger partial charge in [0.2, 0.25) is 5.91 Å². The summed E-state index contributed by atoms with van der Waals surface area (Å²) < 4.78 is 0. The lowest BCUT2D eigenvalue weighted by molar-refractivity contribution is -0.116. The van der Waals surface area contributed by atoms with Gasteiger partial charge in [-0.15, -0.1) is 0 Å². The molecule has 0 aliphatic heterocycles. The maximum atomic E-state index is 12.3. The SMILES string of the molecule is CCN(CC)C(=O)c1cccc(NC(=O)CCCCCCN)c1. The number of benzene rings is 1. The molecule has 0 aliphatic rings. The average Bonchev–Trinajstić information content (AvgIpc) is 2.56. The first kappa shape index (κ1) is 19.2. The molecule has 23 heavy (non-hydrogen) atoms. The number of unbranched alkanes of at least 4 members (excludes halogenated alkanes) is 3. The van der Waals surface area contributed by atoms with Gasteiger partial charge >= 0.3 is 0 Å². The summed E-state index contributed by atoms with van der Waals surface area (Å²) in [5, 5.41) is 2.87. The fraction of sp³-hybridized carbons (Fsp3) is 0.556. The van der Waals surface area contributed by atoms with Gasteiger partial charge in [-0.3, -0.25) is 9.59 Å². The molecule has 0 saturated heterocycles. The molecule has 2 amide bonds. The van der Waals surface area contributed by atoms with Crippen molar-refractivity contribution in [1.29, 1.82) is 0 Å². The van der Waals surface area contributed by atoms with Gasteiger partial charge in [0.15, 0.2) is 0 Å². The third kappa shape index (κ3) is 6.82. The van der Waals surface area contributed by atoms with Crippen LogP contribution in [0.2, 0.25) is 0 Å². The zero-order valence-electron chi connectivity index (χ0n) is 14.3. The second kappa shape index (κ2) is 10.8. The van der Waals surface area contributed by atoms with E-state index in [-0.39, 0.29) is 11.8 Å². The predicted octanol–water partition coefficient (Wildman–Crippen LogP) is 3.02. The maximum absolute atomic E-state index is 12.3. The van der Waals surface area contributed by atoms with Crippen molar-refractivity contribution >= 4 is 17.5 Å². The van der Waals surface area contributed by atoms with Crippen LogP contribution < -0.4 is 11.1 Å². The van der Waals surface area contributed by atoms with Gasteiger partial charge in [0.1, 0.15) is 0 Å². The third-order valence-corrected chi connectivity index (χ3v) is 3.80. The number of nitrogens with one attached hydrogen (secondary N) is 1. The Morgan fingerprint density at radius 1 is 1.09 bits per heavy atom. The van der Waals surface area contributed by atoms with Crippen molar-refractivity contribution in [3.63, 3.8) is 0 Å². The molecule has 0 atom stereocenters. The van der Waals surface area contributed by atoms with Gasteiger partial charge in [0.25, 0.3) is 5.91 Å². The van der Waals surface area contributed by atoms with Crippen molar-refractivity contribution in [3.8, 4) is 0 Å². The Morgan fingerprint density at radius 2 is 1.78 bits per heavy atom. The van der Waals surface area contributed by atoms with E-state index in [1.54, 1.807) is 23.1 Å². The van der Waals surface area contributed by atoms with E-state index < -0.39 is 0 Å². The Morgan fingerprint density at radius 3 is 2.43 bits per heavy atom. The summed E-state index contributed by atoms with van der Waals surface area (Å²) in [4.78, 5) is 26.0. The lowest BCUT2D eigenvalue weighted by Crippen LogP contribution is -2.30. The molecule has 5 heteroatoms. The molecule has 0 fully saturated rings. The second-order valence-corrected chi connectivity index (χ2v) is 5.56. The molecule has 1 aromatic carbocycles. The molecular formula is C18H29N3O2. The maximum Gasteiger partial charge on any atom is 0.253 e. The van der Waals surface area contributed by atoms with E-state index in [0.29, 0.717) is 37.3 Å². The molecule has 1 aromatic rings. The monoisotopic (exact) mass is 319 g/mol. The number of anilines is 1. The lowest BCUT2D eigenvalue weighted by atomic mass is 10.1. The minimum absolute atomic E-state index is 0.00659. The first-order valence-electron chi connectivity index (χ1n) is 8.51. The number of nitrogens with zero attached hydrogens (tertiary/aromatic N) is 1. The highest BCUT2D eigenvalue weighted by molar-refractivity contribution is 5.97. The number of amides is 2. The lowest BCUT2D eigenvalue weighted by Gasteiger charge is -2.19. The fourth-order valence-corrected chi connectivity index (χ4v) is 2.43. The molecule has 0 saturated carbocycles. The van der Waals surface area contributed by atoms with Gasteiger partial charge < -0.3 is 16.0 Å². The quantitative estimate of drug-likeness (QED) is 0.651. The van der Waals surface area contributed by atoms with Crippen LogP contribution in [0.5, 0.6) is 0 Å². The minimum atomic E-state index is -0.00909. The number of carbonyl (C=O) groups is 2. The number of hydrogen-bond acceptors (Lipinski definition) is 3. The summed E-state index contributed by atoms with van der Waals surface area (Å²) in [6, 6.07) is 7.13. The molecule has 3 N–H and O–H groups in total. The minimum Gasteiger partial charge on any atom is -0.339 e. The summed E-state index contributed by atoms with van der Waals surface area (Å²) >= 11 is 0. The van der Waals surface area contributed by atoms with Gasteiger partial charge in [0.05, 0.1) is 0 Å². The Hall–Kier alpha value is -1.88. The Labute approximate surface area is 139 Å². The first-order chi connectivity index (χ1) is 11.1. The zero-order chi connectivity index (χ0) is 17.1. The van der Waals surface area contributed by atoms with E-state index >= 15 is 0 Å². The van der Waals surface area contributed by atoms with E-state index in [0.717, 1.165) is 25.7 Å². The summed E-state index contributed by atoms with van der Waals surface area (Å²) in [6.45, 7) is 5.97. The van der Waals surface area contributed by atoms with E-state index in [9.17, 15) is 9.59 Å². The summed E-state index contributed by atoms with van der Waals surface area (Å²) in [5.74, 6) is -0.0157. The topological polar surface area (TPSA) is 75.4 Å². The van der Waals surface area contributed by atoms with E-state index in [1.807, 2.05) is 19.9 Å². The molecule has 5 nitrogen and oxygen atoms in total. The Bertz CT molecular complexity index is 499. The van der Waals surface area contributed by atoms with Crippen molar-refractivity contribution in [3.05, 3.63) is 29.8 Å². The van der Waals surface area contributed by atoms with Crippen LogP contribution in [0.25, 0.3) is 0 Å². The smallest absolute Gasteiger partial charge is 0.253 e. The molecule has 1 rings (SSSR count). The molecule has 0 spiro atoms. The molecular weight excluding hydrogens is 290 g/mol. The predicted molar refractivity (Wildman–Crippen MR) is 94.5 cm³/mol. The molecule has 0 heterocycles. The van der Waals surface area contributed by atoms with Gasteiger partial charge in [-0.05, 0) is 51.4 Å². The highest BCUT2D eigenvalue weighted by atomic mass is 16.2. The van der Waals surface area contributed by atoms with E-state index in [1.165, 1.54) is 0 Å². The number of nitrogens with two attached hydrogens (primary N) is 1. The highest BCUT2D eigenvalue weighted by Crippen LogP contribution is 2.14. The Kier molecular flexibility index (Phi) is 8.98. The molecule has 0 aliphatic carbocycles. The molecule has 0 bridgehead atoms. The van der Waals surface area contributed by atoms with Crippen LogP contribution in [0.4, 0.5) is 5.69 Å². The average molecular weight is 319 g/mol. The van der Waals surface area contributed by atoms with Crippen LogP contribution in [0.3, 0.4) is 0 Å². The fourth-order valence-electron chi connectivity index (χ4n) is 2.43. The number of carbonyl (C=O) groups excluding carboxylic acids is 2. The summed E-state index contributed by atoms with van der Waals surface area (Å²) in [6.07, 6.45) is 4.46. The molecule has 128 valence electrons. The summed E-state index contributed by atoms with van der Waals surface area (Å²) in [7, 11) is 0. The zero-order valence-corrected chi connectivity index (χ0v) is 14.3. The van der Waals surface area contributed by atoms with Crippen LogP contribution in [0, 0.1) is 0 Å². The second-order valence-electron chi connectivity index (χ2n) is 5.56. The normalized spacial score (nSPS) is 10.4. The largest absolute Gasteiger partial charge is 0.339 e. The van der Waals surface area contributed by atoms with Crippen molar-refractivity contribution < 1.29 is 9.59 Å². The highest BCUT2D eigenvalue weighted by Gasteiger charge is 2.13. The molecule has 0 radical (unpaired) electrons. The Balaban J connectivity index is 2.53. The van der Waals surface area contributed by atoms with Crippen molar-refractivity contribution in [2.45, 2.75) is 46.0 Å². The summed E-state index contributed by atoms with van der Waals surface area (Å²) in [5.41, 5.74) is 6.72. The standard InChI is InChI=1S/C18H29N3O2/c1-3-21(4-2)18(23)15-10-9-11-16(14-15)20-17(22)12-7-5-6-8-13-19/h9-11,14H,3-8,12-13,19H2,1-2H3,(H,20,22). The van der Waals surface area contributed by atoms with Gasteiger partial charge in [-0.25, -0.2) is 0 Å². The number of rotatable bonds is 10. The number of hydrogen-bond donors (Lipinski definition) is 2. The van der Waals surface area contributed by atoms with Gasteiger partial charge in [0, 0.05) is 30.8 Å². The van der Waals surface area contributed by atoms with Crippen molar-refractivity contribution in [2.24, 2.45) is 5.73 Å². The van der Waals surface area contributed by atoms with Crippen LogP contribution in [0.15, 0.2) is 24.3 Å². The molecule has 0 unspecified atom stereocenters. The van der Waals surface area contributed by atoms with Crippen molar-refractivity contribution in [1.82, 2.24) is 4.90 Å². The van der Waals surface area contributed by atoms with E-state index in [2.05, 4.69) is 5.32 Å². The first-order valence-corrected chi connectivity index (χ1v) is 8.51. The van der Waals surface area contributed by atoms with Crippen LogP contribution >= 0.6 is 0 Å². The van der Waals surface area contributed by atoms with Crippen LogP contribution in [0.1, 0.15) is 56.3 Å². The van der Waals surface area contributed by atoms with Crippen LogP contribution in [-0.4, -0.2) is 36.3 Å². The van der Waals surface area contributed by atoms with Crippen LogP contribution in [-0.2, 0) is 4.79 Å². The van der Waals surface area contributed by atoms with Gasteiger partial charge in [-0.2, -0.15) is 0 Å². The van der Waals surface area contributed by atoms with Crippen molar-refractivity contribution in [2.75, 3.05) is 25.0 Å². The third-order valence-electron chi connectivity index (χ3n) is 3.80. The molecule has 0 aromatic heterocycles.